The third-order valence-electron chi connectivity index (χ3n) is 2.41. The molecule has 0 radical (unpaired) electrons. The lowest BCUT2D eigenvalue weighted by Gasteiger charge is -2.14. The van der Waals surface area contributed by atoms with Crippen LogP contribution in [0, 0.1) is 0 Å². The van der Waals surface area contributed by atoms with Crippen LogP contribution in [0.5, 0.6) is 5.75 Å². The molecular weight excluding hydrogens is 220 g/mol. The van der Waals surface area contributed by atoms with Crippen molar-refractivity contribution in [1.29, 1.82) is 0 Å². The number of likely N-dealkylation sites (N-methyl/N-ethyl adjacent to an activating group) is 1. The Hall–Kier alpha value is -2.04. The maximum atomic E-state index is 11.6. The van der Waals surface area contributed by atoms with Crippen molar-refractivity contribution >= 4 is 11.8 Å². The van der Waals surface area contributed by atoms with Gasteiger partial charge in [-0.05, 0) is 25.1 Å². The molecule has 0 aliphatic carbocycles. The second-order valence-corrected chi connectivity index (χ2v) is 3.64. The molecule has 1 aromatic carbocycles. The molecule has 0 spiro atoms. The molecule has 0 unspecified atom stereocenters. The van der Waals surface area contributed by atoms with Crippen LogP contribution >= 0.6 is 0 Å². The van der Waals surface area contributed by atoms with E-state index in [0.29, 0.717) is 12.1 Å². The van der Waals surface area contributed by atoms with Gasteiger partial charge in [-0.1, -0.05) is 6.07 Å². The van der Waals surface area contributed by atoms with E-state index in [-0.39, 0.29) is 24.1 Å². The van der Waals surface area contributed by atoms with Crippen LogP contribution in [-0.2, 0) is 4.79 Å². The van der Waals surface area contributed by atoms with E-state index >= 15 is 0 Å². The van der Waals surface area contributed by atoms with E-state index in [2.05, 4.69) is 5.32 Å². The topological polar surface area (TPSA) is 69.6 Å². The molecular formula is C12H16N2O3. The van der Waals surface area contributed by atoms with Gasteiger partial charge in [0.05, 0.1) is 6.54 Å². The van der Waals surface area contributed by atoms with Crippen LogP contribution in [0.2, 0.25) is 0 Å². The zero-order valence-corrected chi connectivity index (χ0v) is 9.93. The number of hydrogen-bond donors (Lipinski definition) is 2. The average molecular weight is 236 g/mol. The fourth-order valence-electron chi connectivity index (χ4n) is 1.22. The van der Waals surface area contributed by atoms with Gasteiger partial charge in [0, 0.05) is 19.2 Å². The summed E-state index contributed by atoms with van der Waals surface area (Å²) in [6.45, 7) is 2.41. The summed E-state index contributed by atoms with van der Waals surface area (Å²) in [5, 5.41) is 11.7. The van der Waals surface area contributed by atoms with Crippen molar-refractivity contribution in [3.8, 4) is 5.75 Å². The highest BCUT2D eigenvalue weighted by atomic mass is 16.3. The third-order valence-corrected chi connectivity index (χ3v) is 2.41. The fraction of sp³-hybridized carbons (Fsp3) is 0.333. The molecule has 0 fully saturated rings. The molecule has 2 amide bonds. The molecule has 0 aliphatic heterocycles. The molecule has 92 valence electrons. The van der Waals surface area contributed by atoms with Gasteiger partial charge in [0.25, 0.3) is 5.91 Å². The highest BCUT2D eigenvalue weighted by Gasteiger charge is 2.10. The van der Waals surface area contributed by atoms with Crippen molar-refractivity contribution in [3.05, 3.63) is 29.8 Å². The zero-order chi connectivity index (χ0) is 12.8. The molecule has 0 aromatic heterocycles. The molecule has 1 aromatic rings. The molecule has 2 N–H and O–H groups in total. The Balaban J connectivity index is 2.53. The SMILES string of the molecule is CCN(C)C(=O)CNC(=O)c1cccc(O)c1. The number of rotatable bonds is 4. The number of nitrogens with one attached hydrogen (secondary N) is 1. The number of carbonyl (C=O) groups excluding carboxylic acids is 2. The summed E-state index contributed by atoms with van der Waals surface area (Å²) in [5.41, 5.74) is 0.331. The van der Waals surface area contributed by atoms with Crippen LogP contribution in [0.15, 0.2) is 24.3 Å². The minimum Gasteiger partial charge on any atom is -0.508 e. The monoisotopic (exact) mass is 236 g/mol. The van der Waals surface area contributed by atoms with Crippen LogP contribution in [-0.4, -0.2) is 42.0 Å². The normalized spacial score (nSPS) is 9.76. The number of carbonyl (C=O) groups is 2. The van der Waals surface area contributed by atoms with E-state index in [1.807, 2.05) is 6.92 Å². The van der Waals surface area contributed by atoms with Crippen LogP contribution < -0.4 is 5.32 Å². The second-order valence-electron chi connectivity index (χ2n) is 3.64. The zero-order valence-electron chi connectivity index (χ0n) is 9.93. The number of nitrogens with zero attached hydrogens (tertiary/aromatic N) is 1. The Morgan fingerprint density at radius 2 is 2.12 bits per heavy atom. The predicted molar refractivity (Wildman–Crippen MR) is 63.8 cm³/mol. The molecule has 0 saturated heterocycles. The summed E-state index contributed by atoms with van der Waals surface area (Å²) in [6.07, 6.45) is 0. The molecule has 5 nitrogen and oxygen atoms in total. The lowest BCUT2D eigenvalue weighted by molar-refractivity contribution is -0.128. The van der Waals surface area contributed by atoms with Gasteiger partial charge in [-0.25, -0.2) is 0 Å². The van der Waals surface area contributed by atoms with E-state index in [9.17, 15) is 14.7 Å². The molecule has 0 heterocycles. The fourth-order valence-corrected chi connectivity index (χ4v) is 1.22. The Labute approximate surface area is 100 Å². The van der Waals surface area contributed by atoms with Crippen molar-refractivity contribution in [2.24, 2.45) is 0 Å². The van der Waals surface area contributed by atoms with Crippen molar-refractivity contribution in [3.63, 3.8) is 0 Å². The van der Waals surface area contributed by atoms with Gasteiger partial charge in [-0.3, -0.25) is 9.59 Å². The van der Waals surface area contributed by atoms with Gasteiger partial charge in [0.1, 0.15) is 5.75 Å². The van der Waals surface area contributed by atoms with Gasteiger partial charge >= 0.3 is 0 Å². The van der Waals surface area contributed by atoms with E-state index in [1.54, 1.807) is 19.2 Å². The summed E-state index contributed by atoms with van der Waals surface area (Å²) in [7, 11) is 1.67. The number of phenolic OH excluding ortho intramolecular Hbond substituents is 1. The molecule has 17 heavy (non-hydrogen) atoms. The van der Waals surface area contributed by atoms with Crippen molar-refractivity contribution in [2.45, 2.75) is 6.92 Å². The summed E-state index contributed by atoms with van der Waals surface area (Å²) in [6, 6.07) is 5.98. The molecule has 0 saturated carbocycles. The maximum absolute atomic E-state index is 11.6. The predicted octanol–water partition coefficient (Wildman–Crippen LogP) is 0.600. The molecule has 1 rings (SSSR count). The first-order chi connectivity index (χ1) is 8.04. The van der Waals surface area contributed by atoms with Gasteiger partial charge in [0.2, 0.25) is 5.91 Å². The first-order valence-electron chi connectivity index (χ1n) is 5.35. The summed E-state index contributed by atoms with van der Waals surface area (Å²) in [4.78, 5) is 24.6. The average Bonchev–Trinajstić information content (AvgIpc) is 2.34. The van der Waals surface area contributed by atoms with Crippen LogP contribution in [0.4, 0.5) is 0 Å². The number of phenols is 1. The number of amides is 2. The first-order valence-corrected chi connectivity index (χ1v) is 5.35. The standard InChI is InChI=1S/C12H16N2O3/c1-3-14(2)11(16)8-13-12(17)9-5-4-6-10(15)7-9/h4-7,15H,3,8H2,1-2H3,(H,13,17). The lowest BCUT2D eigenvalue weighted by atomic mass is 10.2. The summed E-state index contributed by atoms with van der Waals surface area (Å²) < 4.78 is 0. The molecule has 0 bridgehead atoms. The van der Waals surface area contributed by atoms with E-state index in [4.69, 9.17) is 0 Å². The Kier molecular flexibility index (Phi) is 4.51. The van der Waals surface area contributed by atoms with Gasteiger partial charge in [-0.2, -0.15) is 0 Å². The highest BCUT2D eigenvalue weighted by molar-refractivity contribution is 5.96. The molecule has 0 atom stereocenters. The first kappa shape index (κ1) is 13.0. The van der Waals surface area contributed by atoms with Gasteiger partial charge in [0.15, 0.2) is 0 Å². The Bertz CT molecular complexity index is 418. The minimum absolute atomic E-state index is 0.0228. The third kappa shape index (κ3) is 3.79. The van der Waals surface area contributed by atoms with Crippen LogP contribution in [0.3, 0.4) is 0 Å². The van der Waals surface area contributed by atoms with E-state index < -0.39 is 0 Å². The quantitative estimate of drug-likeness (QED) is 0.804. The van der Waals surface area contributed by atoms with Crippen LogP contribution in [0.1, 0.15) is 17.3 Å². The smallest absolute Gasteiger partial charge is 0.251 e. The summed E-state index contributed by atoms with van der Waals surface area (Å²) in [5.74, 6) is -0.505. The Morgan fingerprint density at radius 3 is 2.71 bits per heavy atom. The van der Waals surface area contributed by atoms with E-state index in [0.717, 1.165) is 0 Å². The second kappa shape index (κ2) is 5.89. The van der Waals surface area contributed by atoms with E-state index in [1.165, 1.54) is 17.0 Å². The lowest BCUT2D eigenvalue weighted by Crippen LogP contribution is -2.37. The minimum atomic E-state index is -0.376. The van der Waals surface area contributed by atoms with Crippen molar-refractivity contribution in [2.75, 3.05) is 20.1 Å². The van der Waals surface area contributed by atoms with Crippen molar-refractivity contribution < 1.29 is 14.7 Å². The maximum Gasteiger partial charge on any atom is 0.251 e. The van der Waals surface area contributed by atoms with Gasteiger partial charge < -0.3 is 15.3 Å². The number of hydrogen-bond acceptors (Lipinski definition) is 3. The Morgan fingerprint density at radius 1 is 1.41 bits per heavy atom. The summed E-state index contributed by atoms with van der Waals surface area (Å²) >= 11 is 0. The van der Waals surface area contributed by atoms with Gasteiger partial charge in [-0.15, -0.1) is 0 Å². The number of aromatic hydroxyl groups is 1. The highest BCUT2D eigenvalue weighted by Crippen LogP contribution is 2.10. The largest absolute Gasteiger partial charge is 0.508 e. The molecule has 0 aliphatic rings. The number of benzene rings is 1. The van der Waals surface area contributed by atoms with Crippen molar-refractivity contribution in [1.82, 2.24) is 10.2 Å². The van der Waals surface area contributed by atoms with Crippen LogP contribution in [0.25, 0.3) is 0 Å². The molecule has 5 heteroatoms.